The van der Waals surface area contributed by atoms with Gasteiger partial charge in [-0.25, -0.2) is 13.8 Å². The first-order valence-electron chi connectivity index (χ1n) is 5.88. The topological polar surface area (TPSA) is 38.1 Å². The van der Waals surface area contributed by atoms with Gasteiger partial charge in [0.05, 0.1) is 12.2 Å². The molecule has 94 valence electrons. The Kier molecular flexibility index (Phi) is 2.83. The molecule has 1 N–H and O–H groups in total. The van der Waals surface area contributed by atoms with Crippen molar-refractivity contribution in [2.75, 3.05) is 6.54 Å². The van der Waals surface area contributed by atoms with E-state index in [4.69, 9.17) is 4.42 Å². The molecule has 0 radical (unpaired) electrons. The standard InChI is InChI=1S/C13H12F2N2O/c14-9-4-3-8(6-10(9)15)12-7-17-13(18-12)11-2-1-5-16-11/h3-4,6-7,11,16H,1-2,5H2. The molecular weight excluding hydrogens is 238 g/mol. The Labute approximate surface area is 103 Å². The molecule has 0 aliphatic carbocycles. The molecule has 1 unspecified atom stereocenters. The number of aromatic nitrogens is 1. The van der Waals surface area contributed by atoms with Crippen molar-refractivity contribution in [1.82, 2.24) is 10.3 Å². The van der Waals surface area contributed by atoms with E-state index in [1.165, 1.54) is 6.07 Å². The first-order valence-corrected chi connectivity index (χ1v) is 5.88. The fraction of sp³-hybridized carbons (Fsp3) is 0.308. The van der Waals surface area contributed by atoms with Crippen molar-refractivity contribution in [3.8, 4) is 11.3 Å². The number of oxazole rings is 1. The quantitative estimate of drug-likeness (QED) is 0.890. The van der Waals surface area contributed by atoms with Crippen LogP contribution in [-0.4, -0.2) is 11.5 Å². The summed E-state index contributed by atoms with van der Waals surface area (Å²) in [5.41, 5.74) is 0.491. The molecule has 18 heavy (non-hydrogen) atoms. The lowest BCUT2D eigenvalue weighted by Crippen LogP contribution is -2.12. The van der Waals surface area contributed by atoms with Crippen molar-refractivity contribution in [3.63, 3.8) is 0 Å². The minimum atomic E-state index is -0.885. The smallest absolute Gasteiger partial charge is 0.212 e. The highest BCUT2D eigenvalue weighted by molar-refractivity contribution is 5.56. The van der Waals surface area contributed by atoms with Crippen molar-refractivity contribution in [3.05, 3.63) is 41.9 Å². The zero-order chi connectivity index (χ0) is 12.5. The van der Waals surface area contributed by atoms with E-state index in [2.05, 4.69) is 10.3 Å². The molecule has 0 amide bonds. The molecular formula is C13H12F2N2O. The van der Waals surface area contributed by atoms with Gasteiger partial charge in [0.15, 0.2) is 17.4 Å². The fourth-order valence-electron chi connectivity index (χ4n) is 2.13. The Bertz CT molecular complexity index is 562. The summed E-state index contributed by atoms with van der Waals surface area (Å²) < 4.78 is 31.5. The van der Waals surface area contributed by atoms with E-state index >= 15 is 0 Å². The van der Waals surface area contributed by atoms with Gasteiger partial charge in [0.25, 0.3) is 0 Å². The number of rotatable bonds is 2. The minimum Gasteiger partial charge on any atom is -0.439 e. The van der Waals surface area contributed by atoms with E-state index in [-0.39, 0.29) is 6.04 Å². The second-order valence-corrected chi connectivity index (χ2v) is 4.34. The summed E-state index contributed by atoms with van der Waals surface area (Å²) in [6.07, 6.45) is 3.62. The zero-order valence-electron chi connectivity index (χ0n) is 9.62. The average Bonchev–Trinajstić information content (AvgIpc) is 3.01. The van der Waals surface area contributed by atoms with Crippen LogP contribution in [0.25, 0.3) is 11.3 Å². The van der Waals surface area contributed by atoms with E-state index < -0.39 is 11.6 Å². The molecule has 0 saturated carbocycles. The normalized spacial score (nSPS) is 19.3. The Balaban J connectivity index is 1.89. The molecule has 2 heterocycles. The van der Waals surface area contributed by atoms with Gasteiger partial charge in [-0.2, -0.15) is 0 Å². The lowest BCUT2D eigenvalue weighted by molar-refractivity contribution is 0.437. The van der Waals surface area contributed by atoms with Gasteiger partial charge in [-0.1, -0.05) is 0 Å². The van der Waals surface area contributed by atoms with Gasteiger partial charge >= 0.3 is 0 Å². The molecule has 2 aromatic rings. The molecule has 1 aliphatic heterocycles. The van der Waals surface area contributed by atoms with E-state index in [9.17, 15) is 8.78 Å². The molecule has 1 saturated heterocycles. The summed E-state index contributed by atoms with van der Waals surface area (Å²) in [4.78, 5) is 4.18. The van der Waals surface area contributed by atoms with E-state index in [0.717, 1.165) is 31.5 Å². The van der Waals surface area contributed by atoms with E-state index in [0.29, 0.717) is 17.2 Å². The third-order valence-electron chi connectivity index (χ3n) is 3.09. The minimum absolute atomic E-state index is 0.129. The number of halogens is 2. The Morgan fingerprint density at radius 1 is 1.28 bits per heavy atom. The van der Waals surface area contributed by atoms with Gasteiger partial charge in [-0.3, -0.25) is 0 Å². The molecule has 0 spiro atoms. The second kappa shape index (κ2) is 4.49. The van der Waals surface area contributed by atoms with E-state index in [1.807, 2.05) is 0 Å². The van der Waals surface area contributed by atoms with Gasteiger partial charge < -0.3 is 9.73 Å². The largest absolute Gasteiger partial charge is 0.439 e. The van der Waals surface area contributed by atoms with Crippen LogP contribution in [0.5, 0.6) is 0 Å². The maximum atomic E-state index is 13.1. The third-order valence-corrected chi connectivity index (χ3v) is 3.09. The van der Waals surface area contributed by atoms with Crippen LogP contribution >= 0.6 is 0 Å². The van der Waals surface area contributed by atoms with Crippen molar-refractivity contribution in [2.45, 2.75) is 18.9 Å². The summed E-state index contributed by atoms with van der Waals surface area (Å²) >= 11 is 0. The Morgan fingerprint density at radius 2 is 2.17 bits per heavy atom. The van der Waals surface area contributed by atoms with Crippen LogP contribution in [0.3, 0.4) is 0 Å². The predicted molar refractivity (Wildman–Crippen MR) is 61.8 cm³/mol. The fourth-order valence-corrected chi connectivity index (χ4v) is 2.13. The van der Waals surface area contributed by atoms with Crippen LogP contribution in [-0.2, 0) is 0 Å². The summed E-state index contributed by atoms with van der Waals surface area (Å²) in [6.45, 7) is 0.952. The third kappa shape index (κ3) is 2.01. The number of hydrogen-bond donors (Lipinski definition) is 1. The van der Waals surface area contributed by atoms with E-state index in [1.54, 1.807) is 6.20 Å². The van der Waals surface area contributed by atoms with Crippen LogP contribution in [0.4, 0.5) is 8.78 Å². The molecule has 1 fully saturated rings. The van der Waals surface area contributed by atoms with Crippen molar-refractivity contribution in [1.29, 1.82) is 0 Å². The monoisotopic (exact) mass is 250 g/mol. The van der Waals surface area contributed by atoms with Crippen LogP contribution < -0.4 is 5.32 Å². The maximum Gasteiger partial charge on any atom is 0.212 e. The molecule has 3 nitrogen and oxygen atoms in total. The lowest BCUT2D eigenvalue weighted by atomic mass is 10.2. The van der Waals surface area contributed by atoms with Gasteiger partial charge in [-0.15, -0.1) is 0 Å². The Morgan fingerprint density at radius 3 is 2.89 bits per heavy atom. The summed E-state index contributed by atoms with van der Waals surface area (Å²) in [7, 11) is 0. The molecule has 1 aromatic heterocycles. The number of nitrogens with one attached hydrogen (secondary N) is 1. The lowest BCUT2D eigenvalue weighted by Gasteiger charge is -2.03. The van der Waals surface area contributed by atoms with Crippen molar-refractivity contribution in [2.24, 2.45) is 0 Å². The second-order valence-electron chi connectivity index (χ2n) is 4.34. The first kappa shape index (κ1) is 11.3. The zero-order valence-corrected chi connectivity index (χ0v) is 9.62. The van der Waals surface area contributed by atoms with Crippen LogP contribution in [0, 0.1) is 11.6 Å². The molecule has 1 aliphatic rings. The van der Waals surface area contributed by atoms with Crippen LogP contribution in [0.2, 0.25) is 0 Å². The highest BCUT2D eigenvalue weighted by Crippen LogP contribution is 2.27. The van der Waals surface area contributed by atoms with Crippen molar-refractivity contribution >= 4 is 0 Å². The van der Waals surface area contributed by atoms with Gasteiger partial charge in [0.2, 0.25) is 5.89 Å². The highest BCUT2D eigenvalue weighted by Gasteiger charge is 2.21. The SMILES string of the molecule is Fc1ccc(-c2cnc(C3CCCN3)o2)cc1F. The number of hydrogen-bond acceptors (Lipinski definition) is 3. The molecule has 3 rings (SSSR count). The predicted octanol–water partition coefficient (Wildman–Crippen LogP) is 3.04. The van der Waals surface area contributed by atoms with Gasteiger partial charge in [-0.05, 0) is 37.6 Å². The number of benzene rings is 1. The molecule has 1 aromatic carbocycles. The van der Waals surface area contributed by atoms with Crippen LogP contribution in [0.1, 0.15) is 24.8 Å². The summed E-state index contributed by atoms with van der Waals surface area (Å²) in [5.74, 6) is -0.690. The maximum absolute atomic E-state index is 13.1. The highest BCUT2D eigenvalue weighted by atomic mass is 19.2. The molecule has 0 bridgehead atoms. The summed E-state index contributed by atoms with van der Waals surface area (Å²) in [5, 5.41) is 3.27. The Hall–Kier alpha value is -1.75. The number of nitrogens with zero attached hydrogens (tertiary/aromatic N) is 1. The first-order chi connectivity index (χ1) is 8.74. The van der Waals surface area contributed by atoms with Gasteiger partial charge in [0.1, 0.15) is 0 Å². The van der Waals surface area contributed by atoms with Crippen molar-refractivity contribution < 1.29 is 13.2 Å². The van der Waals surface area contributed by atoms with Crippen LogP contribution in [0.15, 0.2) is 28.8 Å². The molecule has 5 heteroatoms. The summed E-state index contributed by atoms with van der Waals surface area (Å²) in [6, 6.07) is 3.80. The molecule has 1 atom stereocenters. The average molecular weight is 250 g/mol. The van der Waals surface area contributed by atoms with Gasteiger partial charge in [0, 0.05) is 5.56 Å².